The highest BCUT2D eigenvalue weighted by atomic mass is 16.5. The highest BCUT2D eigenvalue weighted by Crippen LogP contribution is 2.14. The SMILES string of the molecule is CNC(=O)c1cccc(NC(=O)COC(=O)[C@@H](O)c2ccccc2)c1. The first kappa shape index (κ1) is 18.2. The predicted octanol–water partition coefficient (Wildman–Crippen LogP) is 1.26. The van der Waals surface area contributed by atoms with Gasteiger partial charge in [0.2, 0.25) is 0 Å². The van der Waals surface area contributed by atoms with Crippen molar-refractivity contribution in [1.82, 2.24) is 5.32 Å². The normalized spacial score (nSPS) is 11.3. The largest absolute Gasteiger partial charge is 0.453 e. The maximum Gasteiger partial charge on any atom is 0.340 e. The fraction of sp³-hybridized carbons (Fsp3) is 0.167. The zero-order valence-electron chi connectivity index (χ0n) is 13.6. The minimum absolute atomic E-state index is 0.284. The van der Waals surface area contributed by atoms with E-state index in [2.05, 4.69) is 10.6 Å². The molecule has 130 valence electrons. The number of amides is 2. The van der Waals surface area contributed by atoms with Crippen LogP contribution in [0.3, 0.4) is 0 Å². The summed E-state index contributed by atoms with van der Waals surface area (Å²) in [6.07, 6.45) is -1.45. The molecule has 3 N–H and O–H groups in total. The molecule has 0 aliphatic rings. The molecule has 2 aromatic carbocycles. The summed E-state index contributed by atoms with van der Waals surface area (Å²) in [5.41, 5.74) is 1.16. The average molecular weight is 342 g/mol. The molecule has 0 bridgehead atoms. The van der Waals surface area contributed by atoms with Crippen LogP contribution in [0.25, 0.3) is 0 Å². The van der Waals surface area contributed by atoms with Gasteiger partial charge in [-0.3, -0.25) is 9.59 Å². The van der Waals surface area contributed by atoms with E-state index < -0.39 is 24.6 Å². The molecule has 0 aromatic heterocycles. The molecule has 2 amide bonds. The van der Waals surface area contributed by atoms with Crippen molar-refractivity contribution in [2.45, 2.75) is 6.10 Å². The van der Waals surface area contributed by atoms with Gasteiger partial charge >= 0.3 is 5.97 Å². The Morgan fingerprint density at radius 1 is 1.08 bits per heavy atom. The van der Waals surface area contributed by atoms with Gasteiger partial charge in [-0.2, -0.15) is 0 Å². The van der Waals surface area contributed by atoms with Gasteiger partial charge in [-0.1, -0.05) is 36.4 Å². The van der Waals surface area contributed by atoms with E-state index in [0.29, 0.717) is 16.8 Å². The number of esters is 1. The molecule has 7 nitrogen and oxygen atoms in total. The van der Waals surface area contributed by atoms with Gasteiger partial charge in [-0.05, 0) is 23.8 Å². The first-order chi connectivity index (χ1) is 12.0. The molecule has 0 fully saturated rings. The van der Waals surface area contributed by atoms with E-state index in [1.807, 2.05) is 0 Å². The number of hydrogen-bond donors (Lipinski definition) is 3. The van der Waals surface area contributed by atoms with Crippen LogP contribution in [0.15, 0.2) is 54.6 Å². The molecule has 0 saturated carbocycles. The van der Waals surface area contributed by atoms with Gasteiger partial charge in [0.25, 0.3) is 11.8 Å². The van der Waals surface area contributed by atoms with Crippen LogP contribution in [0.1, 0.15) is 22.0 Å². The number of ether oxygens (including phenoxy) is 1. The summed E-state index contributed by atoms with van der Waals surface area (Å²) in [6.45, 7) is -0.549. The number of rotatable bonds is 6. The van der Waals surface area contributed by atoms with Gasteiger partial charge in [0.15, 0.2) is 12.7 Å². The third kappa shape index (κ3) is 5.15. The molecule has 0 unspecified atom stereocenters. The van der Waals surface area contributed by atoms with Crippen molar-refractivity contribution < 1.29 is 24.2 Å². The van der Waals surface area contributed by atoms with Gasteiger partial charge < -0.3 is 20.5 Å². The van der Waals surface area contributed by atoms with Crippen molar-refractivity contribution in [3.05, 3.63) is 65.7 Å². The van der Waals surface area contributed by atoms with Crippen molar-refractivity contribution >= 4 is 23.5 Å². The Morgan fingerprint density at radius 3 is 2.48 bits per heavy atom. The fourth-order valence-electron chi connectivity index (χ4n) is 2.07. The van der Waals surface area contributed by atoms with Crippen molar-refractivity contribution in [2.75, 3.05) is 19.0 Å². The number of nitrogens with one attached hydrogen (secondary N) is 2. The first-order valence-electron chi connectivity index (χ1n) is 7.53. The number of carbonyl (C=O) groups is 3. The second kappa shape index (κ2) is 8.60. The summed E-state index contributed by atoms with van der Waals surface area (Å²) in [4.78, 5) is 35.2. The number of benzene rings is 2. The van der Waals surface area contributed by atoms with Crippen LogP contribution in [-0.2, 0) is 14.3 Å². The molecule has 0 aliphatic carbocycles. The van der Waals surface area contributed by atoms with E-state index >= 15 is 0 Å². The molecule has 0 saturated heterocycles. The van der Waals surface area contributed by atoms with E-state index in [1.54, 1.807) is 48.5 Å². The number of aliphatic hydroxyl groups is 1. The molecular weight excluding hydrogens is 324 g/mol. The number of anilines is 1. The number of aliphatic hydroxyl groups excluding tert-OH is 1. The van der Waals surface area contributed by atoms with E-state index in [0.717, 1.165) is 0 Å². The summed E-state index contributed by atoms with van der Waals surface area (Å²) in [7, 11) is 1.51. The average Bonchev–Trinajstić information content (AvgIpc) is 2.65. The fourth-order valence-corrected chi connectivity index (χ4v) is 2.07. The standard InChI is InChI=1S/C18H18N2O5/c1-19-17(23)13-8-5-9-14(10-13)20-15(21)11-25-18(24)16(22)12-6-3-2-4-7-12/h2-10,16,22H,11H2,1H3,(H,19,23)(H,20,21)/t16-/m0/s1. The van der Waals surface area contributed by atoms with Crippen LogP contribution in [0.4, 0.5) is 5.69 Å². The lowest BCUT2D eigenvalue weighted by Gasteiger charge is -2.11. The highest BCUT2D eigenvalue weighted by Gasteiger charge is 2.19. The molecule has 0 spiro atoms. The summed E-state index contributed by atoms with van der Waals surface area (Å²) >= 11 is 0. The van der Waals surface area contributed by atoms with Crippen molar-refractivity contribution in [2.24, 2.45) is 0 Å². The summed E-state index contributed by atoms with van der Waals surface area (Å²) in [5, 5.41) is 14.9. The molecule has 2 aromatic rings. The Morgan fingerprint density at radius 2 is 1.80 bits per heavy atom. The van der Waals surface area contributed by atoms with Crippen LogP contribution in [0, 0.1) is 0 Å². The molecule has 0 heterocycles. The lowest BCUT2D eigenvalue weighted by molar-refractivity contribution is -0.156. The van der Waals surface area contributed by atoms with Crippen LogP contribution in [-0.4, -0.2) is 36.5 Å². The second-order valence-corrected chi connectivity index (χ2v) is 5.13. The Balaban J connectivity index is 1.88. The first-order valence-corrected chi connectivity index (χ1v) is 7.53. The maximum absolute atomic E-state index is 11.9. The Bertz CT molecular complexity index is 761. The minimum atomic E-state index is -1.45. The molecular formula is C18H18N2O5. The van der Waals surface area contributed by atoms with Crippen LogP contribution >= 0.6 is 0 Å². The third-order valence-corrected chi connectivity index (χ3v) is 3.32. The van der Waals surface area contributed by atoms with Crippen LogP contribution < -0.4 is 10.6 Å². The maximum atomic E-state index is 11.9. The monoisotopic (exact) mass is 342 g/mol. The molecule has 0 radical (unpaired) electrons. The third-order valence-electron chi connectivity index (χ3n) is 3.32. The molecule has 0 aliphatic heterocycles. The summed E-state index contributed by atoms with van der Waals surface area (Å²) in [5.74, 6) is -1.78. The smallest absolute Gasteiger partial charge is 0.340 e. The van der Waals surface area contributed by atoms with Crippen molar-refractivity contribution in [3.63, 3.8) is 0 Å². The zero-order chi connectivity index (χ0) is 18.2. The van der Waals surface area contributed by atoms with Gasteiger partial charge in [0, 0.05) is 18.3 Å². The zero-order valence-corrected chi connectivity index (χ0v) is 13.6. The van der Waals surface area contributed by atoms with E-state index in [1.165, 1.54) is 13.1 Å². The van der Waals surface area contributed by atoms with Crippen LogP contribution in [0.2, 0.25) is 0 Å². The molecule has 2 rings (SSSR count). The van der Waals surface area contributed by atoms with E-state index in [9.17, 15) is 19.5 Å². The van der Waals surface area contributed by atoms with Gasteiger partial charge in [-0.25, -0.2) is 4.79 Å². The molecule has 25 heavy (non-hydrogen) atoms. The number of hydrogen-bond acceptors (Lipinski definition) is 5. The second-order valence-electron chi connectivity index (χ2n) is 5.13. The molecule has 1 atom stereocenters. The lowest BCUT2D eigenvalue weighted by Crippen LogP contribution is -2.24. The topological polar surface area (TPSA) is 105 Å². The summed E-state index contributed by atoms with van der Waals surface area (Å²) in [6, 6.07) is 14.6. The van der Waals surface area contributed by atoms with Gasteiger partial charge in [-0.15, -0.1) is 0 Å². The Labute approximate surface area is 144 Å². The highest BCUT2D eigenvalue weighted by molar-refractivity contribution is 5.97. The van der Waals surface area contributed by atoms with Crippen molar-refractivity contribution in [1.29, 1.82) is 0 Å². The van der Waals surface area contributed by atoms with E-state index in [4.69, 9.17) is 4.74 Å². The molecule has 7 heteroatoms. The summed E-state index contributed by atoms with van der Waals surface area (Å²) < 4.78 is 4.81. The predicted molar refractivity (Wildman–Crippen MR) is 90.8 cm³/mol. The van der Waals surface area contributed by atoms with E-state index in [-0.39, 0.29) is 5.91 Å². The van der Waals surface area contributed by atoms with Crippen molar-refractivity contribution in [3.8, 4) is 0 Å². The van der Waals surface area contributed by atoms with Crippen LogP contribution in [0.5, 0.6) is 0 Å². The minimum Gasteiger partial charge on any atom is -0.453 e. The van der Waals surface area contributed by atoms with Gasteiger partial charge in [0.05, 0.1) is 0 Å². The lowest BCUT2D eigenvalue weighted by atomic mass is 10.1. The van der Waals surface area contributed by atoms with Gasteiger partial charge in [0.1, 0.15) is 0 Å². The quantitative estimate of drug-likeness (QED) is 0.686. The number of carbonyl (C=O) groups excluding carboxylic acids is 3. The Kier molecular flexibility index (Phi) is 6.25. The Hall–Kier alpha value is -3.19.